The number of amides is 2. The highest BCUT2D eigenvalue weighted by Crippen LogP contribution is 2.52. The Morgan fingerprint density at radius 2 is 1.52 bits per heavy atom. The number of phenols is 1. The normalized spacial score (nSPS) is 20.7. The molecule has 0 unspecified atom stereocenters. The third-order valence-corrected chi connectivity index (χ3v) is 18.2. The number of nitrogens with zero attached hydrogens (tertiary/aromatic N) is 1. The molecule has 0 aromatic heterocycles. The molecule has 2 heterocycles. The topological polar surface area (TPSA) is 137 Å². The fraction of sp³-hybridized carbons (Fsp3) is 0.265. The molecule has 316 valence electrons. The lowest BCUT2D eigenvalue weighted by Gasteiger charge is -2.46. The summed E-state index contributed by atoms with van der Waals surface area (Å²) < 4.78 is 14.9. The number of fused-ring (bicyclic) bond motifs is 3. The van der Waals surface area contributed by atoms with Crippen molar-refractivity contribution in [2.45, 2.75) is 57.5 Å². The van der Waals surface area contributed by atoms with E-state index in [0.29, 0.717) is 18.4 Å². The zero-order valence-electron chi connectivity index (χ0n) is 35.0. The summed E-state index contributed by atoms with van der Waals surface area (Å²) in [6.07, 6.45) is 2.64. The number of hydrogen-bond donors (Lipinski definition) is 4. The van der Waals surface area contributed by atoms with Crippen molar-refractivity contribution in [3.63, 3.8) is 0 Å². The van der Waals surface area contributed by atoms with Crippen molar-refractivity contribution in [1.29, 1.82) is 0 Å². The maximum atomic E-state index is 14.7. The first kappa shape index (κ1) is 43.8. The summed E-state index contributed by atoms with van der Waals surface area (Å²) in [5, 5.41) is 44.2. The van der Waals surface area contributed by atoms with Crippen molar-refractivity contribution in [3.05, 3.63) is 160 Å². The molecule has 0 radical (unpaired) electrons. The van der Waals surface area contributed by atoms with Gasteiger partial charge in [-0.2, -0.15) is 0 Å². The Balaban J connectivity index is 1.24. The highest BCUT2D eigenvalue weighted by atomic mass is 79.9. The maximum Gasteiger partial charge on any atom is 0.488 e. The number of anilines is 1. The number of allylic oxidation sites excluding steroid dienone is 1. The van der Waals surface area contributed by atoms with Gasteiger partial charge in [-0.3, -0.25) is 14.5 Å². The fourth-order valence-corrected chi connectivity index (χ4v) is 14.9. The number of aromatic hydroxyl groups is 1. The maximum absolute atomic E-state index is 14.7. The number of imide groups is 1. The van der Waals surface area contributed by atoms with E-state index < -0.39 is 46.4 Å². The SMILES string of the molecule is CC(C)(C)[Si](OCC1=C2[C@@H](CC/C(=C/c3cc(Br)ccc3O)c3ccccc3)OB(O)C[C@@H]2[C@@H]2C(=O)N(c3cccc(B(O)O)c3)C(=O)[C@@H]2C1)(c1ccccc1)c1ccccc1. The van der Waals surface area contributed by atoms with Crippen molar-refractivity contribution in [2.75, 3.05) is 11.5 Å². The standard InChI is InChI=1S/C49H50B2BrNO8Si/c1-49(2,3)62(39-18-9-5-10-19-39,40-20-11-6-12-21-40)60-31-35-28-41-46(48(56)53(47(41)55)38-17-13-16-36(29-38)51(58)59)42-30-50(57)61-44(45(35)42)25-22-33(32-14-7-4-8-15-32)26-34-27-37(52)23-24-43(34)54/h4-21,23-24,26-27,29,41-42,44,46,54,57-59H,22,25,28,30-31H2,1-3H3/b33-26-/t41-,42+,44-,46-/m1/s1. The van der Waals surface area contributed by atoms with E-state index in [1.807, 2.05) is 78.9 Å². The second kappa shape index (κ2) is 18.1. The van der Waals surface area contributed by atoms with Crippen molar-refractivity contribution in [1.82, 2.24) is 0 Å². The summed E-state index contributed by atoms with van der Waals surface area (Å²) in [7, 11) is -6.06. The van der Waals surface area contributed by atoms with Gasteiger partial charge in [0, 0.05) is 10.0 Å². The number of phenolic OH excluding ortho intramolecular Hbond substituents is 1. The minimum atomic E-state index is -3.08. The number of carbonyl (C=O) groups excluding carboxylic acids is 2. The summed E-state index contributed by atoms with van der Waals surface area (Å²) in [4.78, 5) is 30.5. The van der Waals surface area contributed by atoms with Crippen molar-refractivity contribution >= 4 is 83.5 Å². The lowest BCUT2D eigenvalue weighted by Crippen LogP contribution is -2.66. The number of hydrogen-bond acceptors (Lipinski definition) is 8. The van der Waals surface area contributed by atoms with Gasteiger partial charge in [0.2, 0.25) is 11.8 Å². The summed E-state index contributed by atoms with van der Waals surface area (Å²) in [6, 6.07) is 42.2. The quantitative estimate of drug-likeness (QED) is 0.0469. The highest BCUT2D eigenvalue weighted by molar-refractivity contribution is 9.10. The minimum Gasteiger partial charge on any atom is -0.507 e. The third-order valence-electron chi connectivity index (χ3n) is 12.8. The first-order valence-corrected chi connectivity index (χ1v) is 23.9. The van der Waals surface area contributed by atoms with E-state index in [4.69, 9.17) is 9.08 Å². The average Bonchev–Trinajstić information content (AvgIpc) is 3.52. The van der Waals surface area contributed by atoms with Crippen LogP contribution in [0.5, 0.6) is 5.75 Å². The molecule has 3 aliphatic rings. The molecule has 2 fully saturated rings. The molecule has 9 nitrogen and oxygen atoms in total. The Kier molecular flexibility index (Phi) is 12.8. The number of rotatable bonds is 12. The van der Waals surface area contributed by atoms with Crippen LogP contribution in [-0.4, -0.2) is 67.3 Å². The van der Waals surface area contributed by atoms with Crippen LogP contribution in [0.25, 0.3) is 11.6 Å². The van der Waals surface area contributed by atoms with E-state index in [0.717, 1.165) is 37.1 Å². The Morgan fingerprint density at radius 3 is 2.15 bits per heavy atom. The summed E-state index contributed by atoms with van der Waals surface area (Å²) in [6.45, 7) is 6.83. The van der Waals surface area contributed by atoms with E-state index in [-0.39, 0.29) is 53.1 Å². The third kappa shape index (κ3) is 8.47. The number of halogens is 1. The van der Waals surface area contributed by atoms with Gasteiger partial charge in [-0.05, 0) is 111 Å². The molecule has 0 saturated carbocycles. The Morgan fingerprint density at radius 1 is 0.871 bits per heavy atom. The van der Waals surface area contributed by atoms with Crippen LogP contribution in [0.2, 0.25) is 11.4 Å². The molecule has 13 heteroatoms. The van der Waals surface area contributed by atoms with E-state index in [1.165, 1.54) is 17.0 Å². The van der Waals surface area contributed by atoms with Crippen molar-refractivity contribution in [3.8, 4) is 5.75 Å². The molecule has 2 saturated heterocycles. The molecule has 8 rings (SSSR count). The molecular weight excluding hydrogens is 860 g/mol. The molecule has 62 heavy (non-hydrogen) atoms. The predicted molar refractivity (Wildman–Crippen MR) is 251 cm³/mol. The van der Waals surface area contributed by atoms with E-state index in [9.17, 15) is 29.8 Å². The molecule has 1 aliphatic carbocycles. The van der Waals surface area contributed by atoms with Gasteiger partial charge in [0.15, 0.2) is 0 Å². The predicted octanol–water partition coefficient (Wildman–Crippen LogP) is 6.73. The van der Waals surface area contributed by atoms with Crippen LogP contribution in [0.3, 0.4) is 0 Å². The molecule has 0 spiro atoms. The summed E-state index contributed by atoms with van der Waals surface area (Å²) in [5.41, 5.74) is 4.76. The van der Waals surface area contributed by atoms with Gasteiger partial charge >= 0.3 is 14.2 Å². The monoisotopic (exact) mass is 909 g/mol. The van der Waals surface area contributed by atoms with Crippen molar-refractivity contribution in [2.24, 2.45) is 17.8 Å². The zero-order valence-corrected chi connectivity index (χ0v) is 37.6. The average molecular weight is 911 g/mol. The molecule has 4 N–H and O–H groups in total. The first-order chi connectivity index (χ1) is 29.8. The summed E-state index contributed by atoms with van der Waals surface area (Å²) >= 11 is 3.55. The molecular formula is C49H50B2BrNO8Si. The molecule has 2 aliphatic heterocycles. The van der Waals surface area contributed by atoms with Gasteiger partial charge in [-0.15, -0.1) is 0 Å². The fourth-order valence-electron chi connectivity index (χ4n) is 10.00. The van der Waals surface area contributed by atoms with Gasteiger partial charge in [0.25, 0.3) is 8.32 Å². The number of benzene rings is 5. The smallest absolute Gasteiger partial charge is 0.488 e. The Labute approximate surface area is 373 Å². The van der Waals surface area contributed by atoms with Crippen LogP contribution in [-0.2, 0) is 18.7 Å². The van der Waals surface area contributed by atoms with E-state index in [1.54, 1.807) is 24.3 Å². The lowest BCUT2D eigenvalue weighted by molar-refractivity contribution is -0.122. The molecule has 0 bridgehead atoms. The molecule has 5 aromatic carbocycles. The van der Waals surface area contributed by atoms with Gasteiger partial charge in [-0.1, -0.05) is 140 Å². The van der Waals surface area contributed by atoms with Gasteiger partial charge in [-0.25, -0.2) is 0 Å². The molecule has 2 amide bonds. The number of carbonyl (C=O) groups is 2. The van der Waals surface area contributed by atoms with Gasteiger partial charge in [0.1, 0.15) is 5.75 Å². The zero-order chi connectivity index (χ0) is 43.8. The molecule has 4 atom stereocenters. The molecule has 5 aromatic rings. The Hall–Kier alpha value is -4.85. The van der Waals surface area contributed by atoms with E-state index >= 15 is 0 Å². The van der Waals surface area contributed by atoms with Crippen LogP contribution in [0, 0.1) is 17.8 Å². The minimum absolute atomic E-state index is 0.116. The lowest BCUT2D eigenvalue weighted by atomic mass is 9.58. The van der Waals surface area contributed by atoms with Crippen LogP contribution in [0.15, 0.2) is 149 Å². The second-order valence-corrected chi connectivity index (χ2v) is 22.7. The van der Waals surface area contributed by atoms with Gasteiger partial charge in [0.05, 0.1) is 30.2 Å². The summed E-state index contributed by atoms with van der Waals surface area (Å²) in [5.74, 6) is -2.66. The van der Waals surface area contributed by atoms with Crippen LogP contribution in [0.4, 0.5) is 5.69 Å². The largest absolute Gasteiger partial charge is 0.507 e. The Bertz CT molecular complexity index is 2460. The first-order valence-electron chi connectivity index (χ1n) is 21.2. The van der Waals surface area contributed by atoms with Crippen LogP contribution in [0.1, 0.15) is 51.2 Å². The van der Waals surface area contributed by atoms with Gasteiger partial charge < -0.3 is 29.3 Å². The van der Waals surface area contributed by atoms with E-state index in [2.05, 4.69) is 61.0 Å². The van der Waals surface area contributed by atoms with Crippen LogP contribution >= 0.6 is 15.9 Å². The van der Waals surface area contributed by atoms with Crippen molar-refractivity contribution < 1.29 is 38.8 Å². The second-order valence-electron chi connectivity index (χ2n) is 17.5. The van der Waals surface area contributed by atoms with Crippen LogP contribution < -0.4 is 20.7 Å². The highest BCUT2D eigenvalue weighted by Gasteiger charge is 2.58.